The second-order valence-corrected chi connectivity index (χ2v) is 7.76. The van der Waals surface area contributed by atoms with Gasteiger partial charge in [0.2, 0.25) is 0 Å². The summed E-state index contributed by atoms with van der Waals surface area (Å²) in [5.74, 6) is 1.28. The minimum absolute atomic E-state index is 0.399. The zero-order chi connectivity index (χ0) is 17.4. The molecule has 1 aliphatic rings. The van der Waals surface area contributed by atoms with Crippen molar-refractivity contribution in [3.63, 3.8) is 0 Å². The van der Waals surface area contributed by atoms with Crippen LogP contribution in [0.3, 0.4) is 0 Å². The number of alkyl halides is 3. The summed E-state index contributed by atoms with van der Waals surface area (Å²) in [5.41, 5.74) is 0.0105. The largest absolute Gasteiger partial charge is 0.416 e. The lowest BCUT2D eigenvalue weighted by molar-refractivity contribution is -0.137. The van der Waals surface area contributed by atoms with Gasteiger partial charge in [-0.2, -0.15) is 13.2 Å². The Labute approximate surface area is 150 Å². The fourth-order valence-electron chi connectivity index (χ4n) is 2.60. The van der Waals surface area contributed by atoms with Gasteiger partial charge in [-0.25, -0.2) is 0 Å². The molecule has 0 unspecified atom stereocenters. The van der Waals surface area contributed by atoms with Crippen LogP contribution in [0.2, 0.25) is 0 Å². The fraction of sp³-hybridized carbons (Fsp3) is 0.294. The Balaban J connectivity index is 1.56. The first-order chi connectivity index (χ1) is 12.0. The Hall–Kier alpha value is -1.80. The maximum Gasteiger partial charge on any atom is 0.416 e. The van der Waals surface area contributed by atoms with Gasteiger partial charge in [0.25, 0.3) is 0 Å². The zero-order valence-corrected chi connectivity index (χ0v) is 14.7. The van der Waals surface area contributed by atoms with Crippen LogP contribution in [-0.4, -0.2) is 14.8 Å². The van der Waals surface area contributed by atoms with E-state index >= 15 is 0 Å². The molecule has 0 radical (unpaired) electrons. The second-order valence-electron chi connectivity index (χ2n) is 5.87. The van der Waals surface area contributed by atoms with Gasteiger partial charge in [-0.15, -0.1) is 21.5 Å². The summed E-state index contributed by atoms with van der Waals surface area (Å²) in [6, 6.07) is 9.83. The van der Waals surface area contributed by atoms with Crippen molar-refractivity contribution in [1.29, 1.82) is 0 Å². The number of aromatic nitrogens is 3. The van der Waals surface area contributed by atoms with Crippen LogP contribution in [0.25, 0.3) is 10.7 Å². The Bertz CT molecular complexity index is 868. The molecule has 1 fully saturated rings. The highest BCUT2D eigenvalue weighted by atomic mass is 32.2. The molecule has 0 atom stereocenters. The number of benzene rings is 1. The smallest absolute Gasteiger partial charge is 0.298 e. The van der Waals surface area contributed by atoms with Crippen molar-refractivity contribution in [2.75, 3.05) is 0 Å². The summed E-state index contributed by atoms with van der Waals surface area (Å²) in [7, 11) is 0. The van der Waals surface area contributed by atoms with Crippen LogP contribution in [-0.2, 0) is 11.9 Å². The van der Waals surface area contributed by atoms with Crippen molar-refractivity contribution < 1.29 is 13.2 Å². The van der Waals surface area contributed by atoms with Crippen LogP contribution in [0.1, 0.15) is 30.0 Å². The molecule has 3 nitrogen and oxygen atoms in total. The van der Waals surface area contributed by atoms with E-state index in [2.05, 4.69) is 14.8 Å². The first-order valence-corrected chi connectivity index (χ1v) is 9.66. The average Bonchev–Trinajstić information content (AvgIpc) is 3.10. The molecule has 0 N–H and O–H groups in total. The molecule has 0 amide bonds. The highest BCUT2D eigenvalue weighted by molar-refractivity contribution is 7.98. The van der Waals surface area contributed by atoms with Gasteiger partial charge in [0.05, 0.1) is 10.4 Å². The van der Waals surface area contributed by atoms with Gasteiger partial charge in [-0.3, -0.25) is 4.57 Å². The van der Waals surface area contributed by atoms with Crippen LogP contribution < -0.4 is 0 Å². The van der Waals surface area contributed by atoms with E-state index in [0.717, 1.165) is 34.8 Å². The molecule has 2 aromatic heterocycles. The molecule has 2 heterocycles. The lowest BCUT2D eigenvalue weighted by Gasteiger charge is -2.10. The van der Waals surface area contributed by atoms with Crippen molar-refractivity contribution in [1.82, 2.24) is 14.8 Å². The van der Waals surface area contributed by atoms with E-state index < -0.39 is 11.7 Å². The number of hydrogen-bond donors (Lipinski definition) is 0. The zero-order valence-electron chi connectivity index (χ0n) is 13.0. The summed E-state index contributed by atoms with van der Waals surface area (Å²) in [5, 5.41) is 11.4. The van der Waals surface area contributed by atoms with E-state index in [1.807, 2.05) is 17.5 Å². The van der Waals surface area contributed by atoms with Crippen LogP contribution in [0.5, 0.6) is 0 Å². The SMILES string of the molecule is FC(F)(F)c1cccc(CSc2nnc(-c3cccs3)n2C2CC2)c1. The van der Waals surface area contributed by atoms with Gasteiger partial charge >= 0.3 is 6.18 Å². The Kier molecular flexibility index (Phi) is 4.33. The lowest BCUT2D eigenvalue weighted by atomic mass is 10.1. The van der Waals surface area contributed by atoms with Gasteiger partial charge in [0.1, 0.15) is 0 Å². The van der Waals surface area contributed by atoms with Crippen molar-refractivity contribution in [3.8, 4) is 10.7 Å². The summed E-state index contributed by atoms with van der Waals surface area (Å²) >= 11 is 3.04. The lowest BCUT2D eigenvalue weighted by Crippen LogP contribution is -2.05. The molecule has 1 aromatic carbocycles. The molecule has 1 aliphatic carbocycles. The standard InChI is InChI=1S/C17H14F3N3S2/c18-17(19,20)12-4-1-3-11(9-12)10-25-16-22-21-15(14-5-2-8-24-14)23(16)13-6-7-13/h1-5,8-9,13H,6-7,10H2. The number of rotatable bonds is 5. The van der Waals surface area contributed by atoms with Gasteiger partial charge in [-0.1, -0.05) is 36.0 Å². The molecule has 0 bridgehead atoms. The van der Waals surface area contributed by atoms with E-state index in [9.17, 15) is 13.2 Å². The first kappa shape index (κ1) is 16.7. The van der Waals surface area contributed by atoms with Gasteiger partial charge < -0.3 is 0 Å². The van der Waals surface area contributed by atoms with Crippen LogP contribution in [0.4, 0.5) is 13.2 Å². The van der Waals surface area contributed by atoms with E-state index in [1.165, 1.54) is 23.9 Å². The van der Waals surface area contributed by atoms with Crippen LogP contribution in [0, 0.1) is 0 Å². The summed E-state index contributed by atoms with van der Waals surface area (Å²) < 4.78 is 40.6. The highest BCUT2D eigenvalue weighted by Crippen LogP contribution is 2.42. The topological polar surface area (TPSA) is 30.7 Å². The van der Waals surface area contributed by atoms with E-state index in [-0.39, 0.29) is 0 Å². The van der Waals surface area contributed by atoms with E-state index in [0.29, 0.717) is 17.4 Å². The van der Waals surface area contributed by atoms with Crippen molar-refractivity contribution in [3.05, 3.63) is 52.9 Å². The van der Waals surface area contributed by atoms with Gasteiger partial charge in [-0.05, 0) is 35.9 Å². The first-order valence-electron chi connectivity index (χ1n) is 7.80. The van der Waals surface area contributed by atoms with Gasteiger partial charge in [0.15, 0.2) is 11.0 Å². The summed E-state index contributed by atoms with van der Waals surface area (Å²) in [6.07, 6.45) is -2.14. The Morgan fingerprint density at radius 2 is 2.00 bits per heavy atom. The second kappa shape index (κ2) is 6.49. The normalized spacial score (nSPS) is 14.8. The minimum Gasteiger partial charge on any atom is -0.298 e. The van der Waals surface area contributed by atoms with Crippen molar-refractivity contribution >= 4 is 23.1 Å². The molecule has 0 saturated heterocycles. The van der Waals surface area contributed by atoms with Crippen LogP contribution in [0.15, 0.2) is 46.9 Å². The Morgan fingerprint density at radius 1 is 1.16 bits per heavy atom. The average molecular weight is 381 g/mol. The number of thiophene rings is 1. The molecule has 3 aromatic rings. The molecular weight excluding hydrogens is 367 g/mol. The monoisotopic (exact) mass is 381 g/mol. The van der Waals surface area contributed by atoms with E-state index in [4.69, 9.17) is 0 Å². The number of halogens is 3. The number of thioether (sulfide) groups is 1. The number of nitrogens with zero attached hydrogens (tertiary/aromatic N) is 3. The molecule has 0 aliphatic heterocycles. The van der Waals surface area contributed by atoms with Crippen LogP contribution >= 0.6 is 23.1 Å². The quantitative estimate of drug-likeness (QED) is 0.535. The maximum absolute atomic E-state index is 12.8. The third-order valence-electron chi connectivity index (χ3n) is 3.94. The predicted octanol–water partition coefficient (Wildman–Crippen LogP) is 5.65. The van der Waals surface area contributed by atoms with Crippen molar-refractivity contribution in [2.24, 2.45) is 0 Å². The molecule has 4 rings (SSSR count). The minimum atomic E-state index is -4.32. The molecule has 0 spiro atoms. The Morgan fingerprint density at radius 3 is 2.68 bits per heavy atom. The third-order valence-corrected chi connectivity index (χ3v) is 5.82. The summed E-state index contributed by atoms with van der Waals surface area (Å²) in [4.78, 5) is 1.06. The molecule has 25 heavy (non-hydrogen) atoms. The molecule has 130 valence electrons. The fourth-order valence-corrected chi connectivity index (χ4v) is 4.25. The molecule has 1 saturated carbocycles. The van der Waals surface area contributed by atoms with Crippen molar-refractivity contribution in [2.45, 2.75) is 36.0 Å². The maximum atomic E-state index is 12.8. The molecule has 8 heteroatoms. The van der Waals surface area contributed by atoms with E-state index in [1.54, 1.807) is 17.4 Å². The predicted molar refractivity (Wildman–Crippen MR) is 92.6 cm³/mol. The number of hydrogen-bond acceptors (Lipinski definition) is 4. The molecular formula is C17H14F3N3S2. The van der Waals surface area contributed by atoms with Gasteiger partial charge in [0, 0.05) is 11.8 Å². The third kappa shape index (κ3) is 3.59. The summed E-state index contributed by atoms with van der Waals surface area (Å²) in [6.45, 7) is 0. The highest BCUT2D eigenvalue weighted by Gasteiger charge is 2.31.